The lowest BCUT2D eigenvalue weighted by Crippen LogP contribution is -2.03. The van der Waals surface area contributed by atoms with E-state index in [2.05, 4.69) is 4.98 Å². The third kappa shape index (κ3) is 2.26. The number of aryl methyl sites for hydroxylation is 1. The molecule has 0 fully saturated rings. The maximum atomic E-state index is 11.0. The van der Waals surface area contributed by atoms with Crippen LogP contribution >= 0.6 is 0 Å². The first kappa shape index (κ1) is 12.3. The van der Waals surface area contributed by atoms with Crippen LogP contribution in [0.3, 0.4) is 0 Å². The largest absolute Gasteiger partial charge is 0.506 e. The van der Waals surface area contributed by atoms with E-state index >= 15 is 0 Å². The van der Waals surface area contributed by atoms with Crippen molar-refractivity contribution in [2.24, 2.45) is 0 Å². The fourth-order valence-corrected chi connectivity index (χ4v) is 1.89. The van der Waals surface area contributed by atoms with Crippen LogP contribution in [0.25, 0.3) is 10.9 Å². The van der Waals surface area contributed by atoms with Gasteiger partial charge in [0, 0.05) is 12.0 Å². The van der Waals surface area contributed by atoms with Crippen LogP contribution in [0.15, 0.2) is 24.3 Å². The van der Waals surface area contributed by atoms with Crippen LogP contribution in [0.4, 0.5) is 0 Å². The van der Waals surface area contributed by atoms with Gasteiger partial charge in [-0.2, -0.15) is 0 Å². The standard InChI is InChI=1S/C13H13NO4/c15-6-2-3-8-7-10(13(17)18)14-12-9(8)4-1-5-11(12)16/h1,4-5,7,15-16H,2-3,6H2,(H,17,18)/i13+2. The zero-order chi connectivity index (χ0) is 13.1. The lowest BCUT2D eigenvalue weighted by Gasteiger charge is -2.08. The normalized spacial score (nSPS) is 10.7. The average molecular weight is 249 g/mol. The van der Waals surface area contributed by atoms with Gasteiger partial charge in [-0.3, -0.25) is 0 Å². The number of phenols is 1. The first-order chi connectivity index (χ1) is 8.63. The summed E-state index contributed by atoms with van der Waals surface area (Å²) in [7, 11) is 0. The second-order valence-electron chi connectivity index (χ2n) is 3.97. The van der Waals surface area contributed by atoms with Crippen molar-refractivity contribution in [3.8, 4) is 5.75 Å². The molecule has 0 saturated carbocycles. The minimum atomic E-state index is -1.13. The summed E-state index contributed by atoms with van der Waals surface area (Å²) in [5.74, 6) is -1.17. The van der Waals surface area contributed by atoms with Crippen molar-refractivity contribution in [1.29, 1.82) is 0 Å². The zero-order valence-electron chi connectivity index (χ0n) is 9.63. The molecular formula is C13H13NO4. The Hall–Kier alpha value is -2.14. The summed E-state index contributed by atoms with van der Waals surface area (Å²) in [6.07, 6.45) is 1.08. The van der Waals surface area contributed by atoms with Crippen LogP contribution in [0.5, 0.6) is 5.75 Å². The fraction of sp³-hybridized carbons (Fsp3) is 0.231. The maximum absolute atomic E-state index is 11.0. The summed E-state index contributed by atoms with van der Waals surface area (Å²) in [6.45, 7) is 0.0328. The number of hydrogen-bond donors (Lipinski definition) is 3. The summed E-state index contributed by atoms with van der Waals surface area (Å²) in [5, 5.41) is 28.3. The maximum Gasteiger partial charge on any atom is 0.354 e. The van der Waals surface area contributed by atoms with E-state index in [-0.39, 0.29) is 23.6 Å². The number of hydrogen-bond acceptors (Lipinski definition) is 4. The predicted octanol–water partition coefficient (Wildman–Crippen LogP) is 1.56. The van der Waals surface area contributed by atoms with Crippen LogP contribution in [0.2, 0.25) is 0 Å². The minimum Gasteiger partial charge on any atom is -0.506 e. The Morgan fingerprint density at radius 3 is 2.78 bits per heavy atom. The van der Waals surface area contributed by atoms with Crippen LogP contribution in [0, 0.1) is 0 Å². The number of para-hydroxylation sites is 1. The van der Waals surface area contributed by atoms with E-state index in [0.717, 1.165) is 5.56 Å². The lowest BCUT2D eigenvalue weighted by atomic mass is 10.0. The predicted molar refractivity (Wildman–Crippen MR) is 65.8 cm³/mol. The van der Waals surface area contributed by atoms with E-state index in [1.807, 2.05) is 0 Å². The van der Waals surface area contributed by atoms with Gasteiger partial charge in [-0.15, -0.1) is 0 Å². The Labute approximate surface area is 103 Å². The summed E-state index contributed by atoms with van der Waals surface area (Å²) >= 11 is 0. The van der Waals surface area contributed by atoms with Gasteiger partial charge in [0.05, 0.1) is 0 Å². The number of aromatic hydroxyl groups is 1. The molecule has 0 unspecified atom stereocenters. The van der Waals surface area contributed by atoms with E-state index in [9.17, 15) is 9.90 Å². The highest BCUT2D eigenvalue weighted by Gasteiger charge is 2.12. The number of aliphatic hydroxyl groups excluding tert-OH is 1. The molecule has 2 aromatic rings. The summed E-state index contributed by atoms with van der Waals surface area (Å²) < 4.78 is 0. The Bertz CT molecular complexity index is 595. The molecule has 0 atom stereocenters. The molecule has 3 N–H and O–H groups in total. The Morgan fingerprint density at radius 1 is 1.33 bits per heavy atom. The highest BCUT2D eigenvalue weighted by Crippen LogP contribution is 2.26. The van der Waals surface area contributed by atoms with Gasteiger partial charge < -0.3 is 15.3 Å². The van der Waals surface area contributed by atoms with E-state index in [0.29, 0.717) is 18.2 Å². The molecule has 0 aliphatic carbocycles. The molecule has 1 heterocycles. The monoisotopic (exact) mass is 249 g/mol. The quantitative estimate of drug-likeness (QED) is 0.765. The second-order valence-corrected chi connectivity index (χ2v) is 3.97. The molecule has 5 nitrogen and oxygen atoms in total. The lowest BCUT2D eigenvalue weighted by molar-refractivity contribution is 0.0691. The molecule has 0 aliphatic heterocycles. The molecule has 94 valence electrons. The molecular weight excluding hydrogens is 236 g/mol. The molecule has 1 aromatic carbocycles. The molecule has 0 spiro atoms. The summed E-state index contributed by atoms with van der Waals surface area (Å²) in [4.78, 5) is 14.9. The molecule has 18 heavy (non-hydrogen) atoms. The van der Waals surface area contributed by atoms with Crippen molar-refractivity contribution in [2.45, 2.75) is 12.8 Å². The Morgan fingerprint density at radius 2 is 2.11 bits per heavy atom. The van der Waals surface area contributed by atoms with Gasteiger partial charge >= 0.3 is 5.97 Å². The summed E-state index contributed by atoms with van der Waals surface area (Å²) in [6, 6.07) is 6.42. The van der Waals surface area contributed by atoms with Crippen molar-refractivity contribution in [3.63, 3.8) is 0 Å². The Kier molecular flexibility index (Phi) is 3.43. The van der Waals surface area contributed by atoms with Gasteiger partial charge in [-0.05, 0) is 30.5 Å². The Balaban J connectivity index is 2.65. The third-order valence-corrected chi connectivity index (χ3v) is 2.73. The zero-order valence-corrected chi connectivity index (χ0v) is 9.63. The molecule has 0 saturated heterocycles. The minimum absolute atomic E-state index is 0.0328. The molecule has 1 aromatic heterocycles. The van der Waals surface area contributed by atoms with Crippen molar-refractivity contribution >= 4 is 16.9 Å². The summed E-state index contributed by atoms with van der Waals surface area (Å²) in [5.41, 5.74) is 0.949. The van der Waals surface area contributed by atoms with Crippen molar-refractivity contribution in [3.05, 3.63) is 35.5 Å². The number of phenolic OH excluding ortho intramolecular Hbond substituents is 1. The van der Waals surface area contributed by atoms with Crippen molar-refractivity contribution in [1.82, 2.24) is 4.98 Å². The SMILES string of the molecule is O=[14C](O)c1cc(CCCO)c2cccc(O)c2n1. The fourth-order valence-electron chi connectivity index (χ4n) is 1.89. The number of carboxylic acid groups (broad SMARTS) is 1. The van der Waals surface area contributed by atoms with Gasteiger partial charge in [0.1, 0.15) is 17.0 Å². The first-order valence-corrected chi connectivity index (χ1v) is 5.59. The topological polar surface area (TPSA) is 90.7 Å². The number of benzene rings is 1. The molecule has 0 amide bonds. The van der Waals surface area contributed by atoms with Gasteiger partial charge in [0.15, 0.2) is 0 Å². The molecule has 0 radical (unpaired) electrons. The van der Waals surface area contributed by atoms with E-state index in [1.54, 1.807) is 12.1 Å². The average Bonchev–Trinajstić information content (AvgIpc) is 2.36. The van der Waals surface area contributed by atoms with Gasteiger partial charge in [-0.25, -0.2) is 9.78 Å². The number of pyridine rings is 1. The number of carbonyl (C=O) groups is 1. The number of aliphatic hydroxyl groups is 1. The number of carboxylic acids is 1. The van der Waals surface area contributed by atoms with Crippen LogP contribution in [0.1, 0.15) is 22.5 Å². The van der Waals surface area contributed by atoms with E-state index in [1.165, 1.54) is 12.1 Å². The number of rotatable bonds is 4. The number of nitrogens with zero attached hydrogens (tertiary/aromatic N) is 1. The van der Waals surface area contributed by atoms with Gasteiger partial charge in [-0.1, -0.05) is 12.1 Å². The van der Waals surface area contributed by atoms with E-state index in [4.69, 9.17) is 10.2 Å². The molecule has 0 aliphatic rings. The number of aromatic nitrogens is 1. The van der Waals surface area contributed by atoms with E-state index < -0.39 is 5.97 Å². The van der Waals surface area contributed by atoms with Crippen LogP contribution in [-0.2, 0) is 6.42 Å². The third-order valence-electron chi connectivity index (χ3n) is 2.73. The molecule has 5 heteroatoms. The molecule has 2 rings (SSSR count). The highest BCUT2D eigenvalue weighted by atomic mass is 16.6. The van der Waals surface area contributed by atoms with Gasteiger partial charge in [0.25, 0.3) is 0 Å². The smallest absolute Gasteiger partial charge is 0.354 e. The first-order valence-electron chi connectivity index (χ1n) is 5.59. The van der Waals surface area contributed by atoms with Crippen molar-refractivity contribution < 1.29 is 20.1 Å². The van der Waals surface area contributed by atoms with Gasteiger partial charge in [0.2, 0.25) is 0 Å². The second kappa shape index (κ2) is 5.01. The number of fused-ring (bicyclic) bond motifs is 1. The van der Waals surface area contributed by atoms with Crippen LogP contribution in [-0.4, -0.2) is 32.9 Å². The van der Waals surface area contributed by atoms with Crippen molar-refractivity contribution in [2.75, 3.05) is 6.61 Å². The van der Waals surface area contributed by atoms with Crippen LogP contribution < -0.4 is 0 Å². The number of aromatic carboxylic acids is 1. The highest BCUT2D eigenvalue weighted by molar-refractivity contribution is 5.93. The molecule has 0 bridgehead atoms.